The van der Waals surface area contributed by atoms with Crippen LogP contribution in [0.25, 0.3) is 22.9 Å². The van der Waals surface area contributed by atoms with Crippen LogP contribution in [-0.2, 0) is 0 Å². The van der Waals surface area contributed by atoms with Gasteiger partial charge in [0.15, 0.2) is 0 Å². The van der Waals surface area contributed by atoms with E-state index in [4.69, 9.17) is 0 Å². The van der Waals surface area contributed by atoms with E-state index in [-0.39, 0.29) is 0 Å². The Bertz CT molecular complexity index is 547. The van der Waals surface area contributed by atoms with Gasteiger partial charge in [-0.2, -0.15) is 0 Å². The zero-order valence-corrected chi connectivity index (χ0v) is 12.5. The second-order valence-corrected chi connectivity index (χ2v) is 5.08. The number of hydrogen-bond acceptors (Lipinski definition) is 0. The molecule has 0 heterocycles. The fourth-order valence-corrected chi connectivity index (χ4v) is 2.31. The molecule has 0 bridgehead atoms. The van der Waals surface area contributed by atoms with Gasteiger partial charge in [-0.25, -0.2) is 0 Å². The molecule has 0 saturated carbocycles. The molecule has 2 rings (SSSR count). The van der Waals surface area contributed by atoms with E-state index in [1.807, 2.05) is 6.07 Å². The minimum atomic E-state index is 1.13. The lowest BCUT2D eigenvalue weighted by Crippen LogP contribution is -1.82. The summed E-state index contributed by atoms with van der Waals surface area (Å²) in [6.45, 7) is 4.41. The van der Waals surface area contributed by atoms with Gasteiger partial charge >= 0.3 is 0 Å². The zero-order valence-electron chi connectivity index (χ0n) is 12.5. The van der Waals surface area contributed by atoms with Gasteiger partial charge in [0.2, 0.25) is 0 Å². The predicted octanol–water partition coefficient (Wildman–Crippen LogP) is 6.27. The van der Waals surface area contributed by atoms with Crippen LogP contribution < -0.4 is 0 Å². The van der Waals surface area contributed by atoms with E-state index >= 15 is 0 Å². The molecule has 103 valence electrons. The van der Waals surface area contributed by atoms with Gasteiger partial charge in [-0.05, 0) is 40.8 Å². The molecule has 0 heteroatoms. The van der Waals surface area contributed by atoms with Crippen molar-refractivity contribution < 1.29 is 0 Å². The van der Waals surface area contributed by atoms with Crippen molar-refractivity contribution in [1.82, 2.24) is 0 Å². The monoisotopic (exact) mass is 263 g/mol. The second kappa shape index (κ2) is 7.69. The van der Waals surface area contributed by atoms with Crippen molar-refractivity contribution in [3.8, 4) is 0 Å². The van der Waals surface area contributed by atoms with E-state index in [1.165, 1.54) is 34.7 Å². The largest absolute Gasteiger partial charge is 0.0839 e. The van der Waals surface area contributed by atoms with Crippen LogP contribution >= 0.6 is 0 Å². The highest BCUT2D eigenvalue weighted by Gasteiger charge is 2.01. The van der Waals surface area contributed by atoms with Crippen LogP contribution in [0.3, 0.4) is 0 Å². The molecule has 0 aliphatic carbocycles. The molecule has 2 aromatic rings. The van der Waals surface area contributed by atoms with Crippen molar-refractivity contribution in [3.05, 3.63) is 59.7 Å². The van der Waals surface area contributed by atoms with Crippen LogP contribution in [0.5, 0.6) is 0 Å². The highest BCUT2D eigenvalue weighted by Crippen LogP contribution is 2.24. The maximum absolute atomic E-state index is 3.39. The van der Waals surface area contributed by atoms with Gasteiger partial charge in [-0.15, -0.1) is 0 Å². The number of unbranched alkanes of at least 4 members (excludes halogenated alkanes) is 2. The standard InChI is InChI=1S/C20H23/c1-3-5-7-11-17-13-9-16-20-18(12-8-6-4-2)14-10-15-19(17)20/h7-15H,3-6H2,1-2H3. The SMILES string of the molecule is CCCC=Cc1cccc2c(C=CCCC)cc[c]c12. The van der Waals surface area contributed by atoms with E-state index in [0.717, 1.165) is 12.8 Å². The molecule has 0 nitrogen and oxygen atoms in total. The fraction of sp³-hybridized carbons (Fsp3) is 0.300. The summed E-state index contributed by atoms with van der Waals surface area (Å²) in [6.07, 6.45) is 13.6. The second-order valence-electron chi connectivity index (χ2n) is 5.08. The quantitative estimate of drug-likeness (QED) is 0.576. The van der Waals surface area contributed by atoms with E-state index in [2.05, 4.69) is 68.5 Å². The van der Waals surface area contributed by atoms with Gasteiger partial charge < -0.3 is 0 Å². The smallest absolute Gasteiger partial charge is 0.00267 e. The lowest BCUT2D eigenvalue weighted by atomic mass is 9.99. The summed E-state index contributed by atoms with van der Waals surface area (Å²) in [5, 5.41) is 2.51. The third kappa shape index (κ3) is 3.60. The zero-order chi connectivity index (χ0) is 14.2. The van der Waals surface area contributed by atoms with Crippen molar-refractivity contribution in [1.29, 1.82) is 0 Å². The van der Waals surface area contributed by atoms with Gasteiger partial charge in [0.05, 0.1) is 0 Å². The molecule has 2 aromatic carbocycles. The van der Waals surface area contributed by atoms with Gasteiger partial charge in [-0.1, -0.05) is 81.3 Å². The summed E-state index contributed by atoms with van der Waals surface area (Å²) in [5.41, 5.74) is 2.56. The topological polar surface area (TPSA) is 0 Å². The number of rotatable bonds is 6. The molecule has 0 aliphatic rings. The van der Waals surface area contributed by atoms with Gasteiger partial charge in [0.1, 0.15) is 0 Å². The normalized spacial score (nSPS) is 11.9. The molecule has 0 N–H and O–H groups in total. The lowest BCUT2D eigenvalue weighted by molar-refractivity contribution is 0.962. The van der Waals surface area contributed by atoms with Gasteiger partial charge in [0.25, 0.3) is 0 Å². The summed E-state index contributed by atoms with van der Waals surface area (Å²) >= 11 is 0. The summed E-state index contributed by atoms with van der Waals surface area (Å²) in [7, 11) is 0. The Morgan fingerprint density at radius 2 is 1.60 bits per heavy atom. The Balaban J connectivity index is 2.40. The fourth-order valence-electron chi connectivity index (χ4n) is 2.31. The first-order valence-electron chi connectivity index (χ1n) is 7.63. The molecule has 1 radical (unpaired) electrons. The summed E-state index contributed by atoms with van der Waals surface area (Å²) in [5.74, 6) is 0. The van der Waals surface area contributed by atoms with Crippen LogP contribution in [0, 0.1) is 6.07 Å². The maximum atomic E-state index is 3.39. The summed E-state index contributed by atoms with van der Waals surface area (Å²) in [6, 6.07) is 14.1. The Kier molecular flexibility index (Phi) is 5.61. The Morgan fingerprint density at radius 1 is 0.900 bits per heavy atom. The maximum Gasteiger partial charge on any atom is -0.00267 e. The number of hydrogen-bond donors (Lipinski definition) is 0. The van der Waals surface area contributed by atoms with Crippen LogP contribution in [0.2, 0.25) is 0 Å². The van der Waals surface area contributed by atoms with Crippen LogP contribution in [0.1, 0.15) is 50.7 Å². The highest BCUT2D eigenvalue weighted by molar-refractivity contribution is 5.95. The molecule has 0 unspecified atom stereocenters. The van der Waals surface area contributed by atoms with Gasteiger partial charge in [0, 0.05) is 0 Å². The average molecular weight is 263 g/mol. The molecule has 0 spiro atoms. The minimum Gasteiger partial charge on any atom is -0.0839 e. The molecule has 0 atom stereocenters. The summed E-state index contributed by atoms with van der Waals surface area (Å²) in [4.78, 5) is 0. The molecule has 0 aromatic heterocycles. The highest BCUT2D eigenvalue weighted by atomic mass is 14.0. The minimum absolute atomic E-state index is 1.13. The van der Waals surface area contributed by atoms with Crippen LogP contribution in [0.4, 0.5) is 0 Å². The first kappa shape index (κ1) is 14.6. The number of benzene rings is 2. The lowest BCUT2D eigenvalue weighted by Gasteiger charge is -2.05. The van der Waals surface area contributed by atoms with Crippen molar-refractivity contribution in [2.45, 2.75) is 39.5 Å². The Hall–Kier alpha value is -1.82. The predicted molar refractivity (Wildman–Crippen MR) is 90.7 cm³/mol. The Labute approximate surface area is 122 Å². The third-order valence-corrected chi connectivity index (χ3v) is 3.40. The van der Waals surface area contributed by atoms with Crippen molar-refractivity contribution in [3.63, 3.8) is 0 Å². The summed E-state index contributed by atoms with van der Waals surface area (Å²) < 4.78 is 0. The first-order valence-corrected chi connectivity index (χ1v) is 7.63. The number of fused-ring (bicyclic) bond motifs is 1. The van der Waals surface area contributed by atoms with Crippen molar-refractivity contribution in [2.24, 2.45) is 0 Å². The van der Waals surface area contributed by atoms with E-state index in [1.54, 1.807) is 0 Å². The molecule has 0 aliphatic heterocycles. The van der Waals surface area contributed by atoms with E-state index < -0.39 is 0 Å². The van der Waals surface area contributed by atoms with E-state index in [0.29, 0.717) is 0 Å². The molecular formula is C20H23. The molecular weight excluding hydrogens is 240 g/mol. The van der Waals surface area contributed by atoms with Gasteiger partial charge in [-0.3, -0.25) is 0 Å². The molecule has 0 saturated heterocycles. The van der Waals surface area contributed by atoms with Crippen molar-refractivity contribution >= 4 is 22.9 Å². The van der Waals surface area contributed by atoms with Crippen LogP contribution in [-0.4, -0.2) is 0 Å². The van der Waals surface area contributed by atoms with Crippen LogP contribution in [0.15, 0.2) is 42.5 Å². The average Bonchev–Trinajstić information content (AvgIpc) is 2.48. The molecule has 20 heavy (non-hydrogen) atoms. The number of allylic oxidation sites excluding steroid dienone is 2. The Morgan fingerprint density at radius 3 is 2.30 bits per heavy atom. The van der Waals surface area contributed by atoms with Crippen molar-refractivity contribution in [2.75, 3.05) is 0 Å². The van der Waals surface area contributed by atoms with E-state index in [9.17, 15) is 0 Å². The first-order chi connectivity index (χ1) is 9.86. The molecule has 0 amide bonds. The molecule has 0 fully saturated rings. The third-order valence-electron chi connectivity index (χ3n) is 3.40.